The molecule has 10 heteroatoms. The van der Waals surface area contributed by atoms with Crippen molar-refractivity contribution < 1.29 is 32.5 Å². The highest BCUT2D eigenvalue weighted by molar-refractivity contribution is 5.84. The van der Waals surface area contributed by atoms with E-state index in [1.807, 2.05) is 0 Å². The Morgan fingerprint density at radius 1 is 1.27 bits per heavy atom. The van der Waals surface area contributed by atoms with Crippen molar-refractivity contribution in [1.82, 2.24) is 9.78 Å². The lowest BCUT2D eigenvalue weighted by Crippen LogP contribution is -2.35. The second-order valence-corrected chi connectivity index (χ2v) is 5.75. The zero-order valence-electron chi connectivity index (χ0n) is 13.8. The number of benzene rings is 1. The minimum absolute atomic E-state index is 0.0439. The van der Waals surface area contributed by atoms with E-state index in [-0.39, 0.29) is 12.2 Å². The summed E-state index contributed by atoms with van der Waals surface area (Å²) in [6, 6.07) is 3.14. The van der Waals surface area contributed by atoms with Crippen LogP contribution in [0.1, 0.15) is 34.6 Å². The zero-order valence-corrected chi connectivity index (χ0v) is 13.8. The third-order valence-corrected chi connectivity index (χ3v) is 4.21. The highest BCUT2D eigenvalue weighted by Crippen LogP contribution is 2.44. The number of anilines is 1. The van der Waals surface area contributed by atoms with E-state index in [9.17, 15) is 23.1 Å². The van der Waals surface area contributed by atoms with Gasteiger partial charge in [0.05, 0.1) is 26.2 Å². The smallest absolute Gasteiger partial charge is 0.410 e. The van der Waals surface area contributed by atoms with Crippen LogP contribution in [-0.2, 0) is 0 Å². The number of ether oxygens (including phenoxy) is 2. The van der Waals surface area contributed by atoms with Crippen LogP contribution in [0.4, 0.5) is 19.0 Å². The zero-order chi connectivity index (χ0) is 19.1. The van der Waals surface area contributed by atoms with E-state index in [1.54, 1.807) is 18.2 Å². The van der Waals surface area contributed by atoms with Gasteiger partial charge in [-0.3, -0.25) is 0 Å². The van der Waals surface area contributed by atoms with E-state index >= 15 is 0 Å². The largest absolute Gasteiger partial charge is 0.543 e. The van der Waals surface area contributed by atoms with E-state index in [0.717, 1.165) is 6.07 Å². The summed E-state index contributed by atoms with van der Waals surface area (Å²) in [4.78, 5) is 11.0. The standard InChI is InChI=1S/C16H16F3N3O4/c1-25-11-4-3-8(5-12(11)26-2)9-6-13(16(17,18)19)22-14(20-9)7-10(21-22)15(23)24/h3-5,7,9,13,20H,6H2,1-2H3,(H,23,24)/p-1/t9-,13-/m1/s1. The Bertz CT molecular complexity index is 835. The fourth-order valence-electron chi connectivity index (χ4n) is 2.96. The van der Waals surface area contributed by atoms with Crippen LogP contribution in [0.3, 0.4) is 0 Å². The average Bonchev–Trinajstić information content (AvgIpc) is 3.03. The van der Waals surface area contributed by atoms with Gasteiger partial charge in [-0.25, -0.2) is 4.68 Å². The molecular weight excluding hydrogens is 355 g/mol. The van der Waals surface area contributed by atoms with Crippen molar-refractivity contribution in [2.75, 3.05) is 19.5 Å². The number of carboxylic acid groups (broad SMARTS) is 1. The quantitative estimate of drug-likeness (QED) is 0.885. The van der Waals surface area contributed by atoms with Crippen molar-refractivity contribution in [2.24, 2.45) is 0 Å². The van der Waals surface area contributed by atoms with Crippen LogP contribution in [0.15, 0.2) is 24.3 Å². The Balaban J connectivity index is 2.02. The molecule has 0 aliphatic carbocycles. The molecule has 0 radical (unpaired) electrons. The molecule has 1 aromatic heterocycles. The maximum absolute atomic E-state index is 13.5. The second-order valence-electron chi connectivity index (χ2n) is 5.75. The van der Waals surface area contributed by atoms with Crippen LogP contribution in [-0.4, -0.2) is 36.1 Å². The summed E-state index contributed by atoms with van der Waals surface area (Å²) in [5.74, 6) is -0.858. The van der Waals surface area contributed by atoms with Crippen molar-refractivity contribution in [1.29, 1.82) is 0 Å². The number of aromatic carboxylic acids is 1. The van der Waals surface area contributed by atoms with E-state index in [1.165, 1.54) is 14.2 Å². The number of carbonyl (C=O) groups excluding carboxylic acids is 1. The van der Waals surface area contributed by atoms with Crippen molar-refractivity contribution in [3.8, 4) is 11.5 Å². The van der Waals surface area contributed by atoms with Crippen LogP contribution in [0.5, 0.6) is 11.5 Å². The minimum atomic E-state index is -4.60. The fourth-order valence-corrected chi connectivity index (χ4v) is 2.96. The van der Waals surface area contributed by atoms with Gasteiger partial charge in [0.15, 0.2) is 17.5 Å². The monoisotopic (exact) mass is 370 g/mol. The van der Waals surface area contributed by atoms with Gasteiger partial charge in [0, 0.05) is 12.5 Å². The molecule has 7 nitrogen and oxygen atoms in total. The molecular formula is C16H15F3N3O4-. The Labute approximate surface area is 146 Å². The van der Waals surface area contributed by atoms with E-state index < -0.39 is 29.9 Å². The number of nitrogens with one attached hydrogen (secondary N) is 1. The summed E-state index contributed by atoms with van der Waals surface area (Å²) in [6.45, 7) is 0. The van der Waals surface area contributed by atoms with Gasteiger partial charge in [-0.2, -0.15) is 18.3 Å². The molecule has 140 valence electrons. The number of hydrogen-bond acceptors (Lipinski definition) is 6. The predicted molar refractivity (Wildman–Crippen MR) is 82.2 cm³/mol. The number of nitrogens with zero attached hydrogens (tertiary/aromatic N) is 2. The lowest BCUT2D eigenvalue weighted by molar-refractivity contribution is -0.255. The SMILES string of the molecule is COc1ccc([C@H]2C[C@H](C(F)(F)F)n3nc(C(=O)[O-])cc3N2)cc1OC. The molecule has 1 aromatic carbocycles. The lowest BCUT2D eigenvalue weighted by atomic mass is 9.96. The second kappa shape index (κ2) is 6.43. The van der Waals surface area contributed by atoms with Gasteiger partial charge >= 0.3 is 6.18 Å². The molecule has 1 aliphatic rings. The van der Waals surface area contributed by atoms with Crippen LogP contribution in [0, 0.1) is 0 Å². The summed E-state index contributed by atoms with van der Waals surface area (Å²) < 4.78 is 51.4. The first-order chi connectivity index (χ1) is 12.2. The number of aromatic nitrogens is 2. The molecule has 0 saturated heterocycles. The molecule has 2 aromatic rings. The Morgan fingerprint density at radius 3 is 2.54 bits per heavy atom. The Morgan fingerprint density at radius 2 is 1.96 bits per heavy atom. The normalized spacial score (nSPS) is 19.4. The Hall–Kier alpha value is -2.91. The molecule has 0 bridgehead atoms. The van der Waals surface area contributed by atoms with E-state index in [2.05, 4.69) is 10.4 Å². The molecule has 0 saturated carbocycles. The van der Waals surface area contributed by atoms with Crippen molar-refractivity contribution in [3.05, 3.63) is 35.5 Å². The van der Waals surface area contributed by atoms with E-state index in [4.69, 9.17) is 9.47 Å². The van der Waals surface area contributed by atoms with Crippen LogP contribution in [0.25, 0.3) is 0 Å². The third-order valence-electron chi connectivity index (χ3n) is 4.21. The van der Waals surface area contributed by atoms with E-state index in [0.29, 0.717) is 21.7 Å². The molecule has 0 amide bonds. The maximum Gasteiger partial charge on any atom is 0.410 e. The third kappa shape index (κ3) is 3.14. The summed E-state index contributed by atoms with van der Waals surface area (Å²) in [6.07, 6.45) is -4.96. The van der Waals surface area contributed by atoms with Crippen molar-refractivity contribution in [3.63, 3.8) is 0 Å². The van der Waals surface area contributed by atoms with Crippen molar-refractivity contribution in [2.45, 2.75) is 24.7 Å². The van der Waals surface area contributed by atoms with Gasteiger partial charge in [0.2, 0.25) is 0 Å². The van der Waals surface area contributed by atoms with Gasteiger partial charge in [-0.1, -0.05) is 6.07 Å². The number of rotatable bonds is 4. The number of fused-ring (bicyclic) bond motifs is 1. The van der Waals surface area contributed by atoms with Crippen LogP contribution < -0.4 is 19.9 Å². The molecule has 0 spiro atoms. The summed E-state index contributed by atoms with van der Waals surface area (Å²) >= 11 is 0. The highest BCUT2D eigenvalue weighted by atomic mass is 19.4. The molecule has 0 fully saturated rings. The molecule has 2 atom stereocenters. The van der Waals surface area contributed by atoms with Crippen LogP contribution in [0.2, 0.25) is 0 Å². The predicted octanol–water partition coefficient (Wildman–Crippen LogP) is 1.92. The van der Waals surface area contributed by atoms with Gasteiger partial charge < -0.3 is 24.7 Å². The number of alkyl halides is 3. The number of hydrogen-bond donors (Lipinski definition) is 1. The molecule has 26 heavy (non-hydrogen) atoms. The first-order valence-corrected chi connectivity index (χ1v) is 7.60. The number of carbonyl (C=O) groups is 1. The maximum atomic E-state index is 13.5. The topological polar surface area (TPSA) is 88.4 Å². The molecule has 1 aliphatic heterocycles. The fraction of sp³-hybridized carbons (Fsp3) is 0.375. The van der Waals surface area contributed by atoms with Gasteiger partial charge in [-0.15, -0.1) is 0 Å². The summed E-state index contributed by atoms with van der Waals surface area (Å²) in [7, 11) is 2.88. The first-order valence-electron chi connectivity index (χ1n) is 7.60. The molecule has 3 rings (SSSR count). The van der Waals surface area contributed by atoms with Gasteiger partial charge in [0.25, 0.3) is 0 Å². The molecule has 1 N–H and O–H groups in total. The molecule has 0 unspecified atom stereocenters. The van der Waals surface area contributed by atoms with Crippen molar-refractivity contribution >= 4 is 11.8 Å². The number of carboxylic acids is 1. The van der Waals surface area contributed by atoms with Crippen LogP contribution >= 0.6 is 0 Å². The number of methoxy groups -OCH3 is 2. The van der Waals surface area contributed by atoms with Gasteiger partial charge in [0.1, 0.15) is 11.5 Å². The number of halogens is 3. The Kier molecular flexibility index (Phi) is 4.43. The molecule has 2 heterocycles. The summed E-state index contributed by atoms with van der Waals surface area (Å²) in [5, 5.41) is 17.4. The highest BCUT2D eigenvalue weighted by Gasteiger charge is 2.46. The first kappa shape index (κ1) is 17.9. The summed E-state index contributed by atoms with van der Waals surface area (Å²) in [5.41, 5.74) is -0.0194. The minimum Gasteiger partial charge on any atom is -0.543 e. The van der Waals surface area contributed by atoms with Gasteiger partial charge in [-0.05, 0) is 17.7 Å². The lowest BCUT2D eigenvalue weighted by Gasteiger charge is -2.33. The average molecular weight is 370 g/mol.